The van der Waals surface area contributed by atoms with E-state index in [-0.39, 0.29) is 43.2 Å². The number of ether oxygens (including phenoxy) is 1. The van der Waals surface area contributed by atoms with Crippen molar-refractivity contribution in [2.24, 2.45) is 5.92 Å². The lowest BCUT2D eigenvalue weighted by atomic mass is 9.86. The maximum atomic E-state index is 13.9. The number of benzene rings is 1. The first kappa shape index (κ1) is 27.0. The third kappa shape index (κ3) is 7.28. The van der Waals surface area contributed by atoms with Crippen molar-refractivity contribution in [3.05, 3.63) is 47.2 Å². The molecule has 202 valence electrons. The van der Waals surface area contributed by atoms with Crippen LogP contribution >= 0.6 is 0 Å². The monoisotopic (exact) mass is 526 g/mol. The number of nitrogens with one attached hydrogen (secondary N) is 2. The number of rotatable bonds is 10. The molecule has 2 amide bonds. The van der Waals surface area contributed by atoms with Crippen LogP contribution in [0.4, 0.5) is 4.39 Å². The molecular formula is C25H31FN8O4. The summed E-state index contributed by atoms with van der Waals surface area (Å²) < 4.78 is 19.0. The number of amides is 2. The second-order valence-electron chi connectivity index (χ2n) is 9.29. The summed E-state index contributed by atoms with van der Waals surface area (Å²) in [5.74, 6) is 0.0580. The van der Waals surface area contributed by atoms with Gasteiger partial charge in [0.15, 0.2) is 11.6 Å². The van der Waals surface area contributed by atoms with Crippen LogP contribution in [0.25, 0.3) is 11.5 Å². The third-order valence-corrected chi connectivity index (χ3v) is 6.23. The zero-order valence-electron chi connectivity index (χ0n) is 21.4. The first-order chi connectivity index (χ1) is 18.3. The third-order valence-electron chi connectivity index (χ3n) is 6.23. The Hall–Kier alpha value is -4.00. The molecule has 0 radical (unpaired) electrons. The maximum absolute atomic E-state index is 13.9. The Labute approximate surface area is 219 Å². The lowest BCUT2D eigenvalue weighted by molar-refractivity contribution is -0.119. The fourth-order valence-corrected chi connectivity index (χ4v) is 4.43. The van der Waals surface area contributed by atoms with Gasteiger partial charge in [-0.25, -0.2) is 14.4 Å². The lowest BCUT2D eigenvalue weighted by Gasteiger charge is -2.28. The molecule has 38 heavy (non-hydrogen) atoms. The van der Waals surface area contributed by atoms with Gasteiger partial charge >= 0.3 is 0 Å². The summed E-state index contributed by atoms with van der Waals surface area (Å²) >= 11 is 0. The van der Waals surface area contributed by atoms with E-state index in [0.717, 1.165) is 25.7 Å². The van der Waals surface area contributed by atoms with E-state index in [0.29, 0.717) is 35.4 Å². The molecular weight excluding hydrogens is 495 g/mol. The van der Waals surface area contributed by atoms with Gasteiger partial charge in [-0.1, -0.05) is 6.07 Å². The molecule has 0 saturated heterocycles. The fourth-order valence-electron chi connectivity index (χ4n) is 4.43. The summed E-state index contributed by atoms with van der Waals surface area (Å²) in [5.41, 5.74) is 1.14. The average Bonchev–Trinajstić information content (AvgIpc) is 3.36. The fraction of sp³-hybridized carbons (Fsp3) is 0.480. The standard InChI is InChI=1S/C25H31FN8O4/c1-15-28-21(24-31-33-34(32-24)14-17-3-6-19(7-4-17)30-16(2)36)12-22(29-15)25(37)27-13-18-5-8-20(26)23(11-18)38-10-9-35/h5,8,11-12,17,19,35H,3-4,6-7,9-10,13-14H2,1-2H3,(H,27,37)(H,30,36). The van der Waals surface area contributed by atoms with Crippen LogP contribution in [0.5, 0.6) is 5.75 Å². The van der Waals surface area contributed by atoms with Gasteiger partial charge in [0.25, 0.3) is 5.91 Å². The molecule has 1 fully saturated rings. The topological polar surface area (TPSA) is 157 Å². The molecule has 0 atom stereocenters. The highest BCUT2D eigenvalue weighted by Gasteiger charge is 2.23. The van der Waals surface area contributed by atoms with Gasteiger partial charge in [0.1, 0.15) is 23.8 Å². The Balaban J connectivity index is 1.37. The summed E-state index contributed by atoms with van der Waals surface area (Å²) in [6, 6.07) is 5.97. The maximum Gasteiger partial charge on any atom is 0.270 e. The van der Waals surface area contributed by atoms with E-state index in [1.54, 1.807) is 11.7 Å². The van der Waals surface area contributed by atoms with Crippen molar-refractivity contribution >= 4 is 11.8 Å². The Morgan fingerprint density at radius 3 is 2.71 bits per heavy atom. The van der Waals surface area contributed by atoms with Crippen molar-refractivity contribution in [2.45, 2.75) is 58.7 Å². The van der Waals surface area contributed by atoms with Crippen molar-refractivity contribution in [3.8, 4) is 17.3 Å². The van der Waals surface area contributed by atoms with E-state index in [2.05, 4.69) is 36.0 Å². The van der Waals surface area contributed by atoms with Crippen LogP contribution in [0.2, 0.25) is 0 Å². The van der Waals surface area contributed by atoms with Gasteiger partial charge in [0.2, 0.25) is 11.7 Å². The zero-order chi connectivity index (χ0) is 27.1. The van der Waals surface area contributed by atoms with Crippen LogP contribution in [0, 0.1) is 18.7 Å². The van der Waals surface area contributed by atoms with Crippen LogP contribution in [0.1, 0.15) is 54.5 Å². The second kappa shape index (κ2) is 12.5. The Bertz CT molecular complexity index is 1280. The molecule has 1 aliphatic rings. The molecule has 3 aromatic rings. The Kier molecular flexibility index (Phi) is 8.89. The van der Waals surface area contributed by atoms with E-state index >= 15 is 0 Å². The molecule has 0 bridgehead atoms. The number of aromatic nitrogens is 6. The SMILES string of the molecule is CC(=O)NC1CCC(Cn2nnc(-c3cc(C(=O)NCc4ccc(F)c(OCCO)c4)nc(C)n3)n2)CC1. The van der Waals surface area contributed by atoms with Crippen LogP contribution < -0.4 is 15.4 Å². The first-order valence-electron chi connectivity index (χ1n) is 12.5. The molecule has 0 aliphatic heterocycles. The number of aliphatic hydroxyl groups excluding tert-OH is 1. The molecule has 0 spiro atoms. The summed E-state index contributed by atoms with van der Waals surface area (Å²) in [4.78, 5) is 34.2. The van der Waals surface area contributed by atoms with Crippen LogP contribution in [0.15, 0.2) is 24.3 Å². The summed E-state index contributed by atoms with van der Waals surface area (Å²) in [6.07, 6.45) is 3.76. The van der Waals surface area contributed by atoms with Crippen LogP contribution in [-0.4, -0.2) is 66.4 Å². The number of carbonyl (C=O) groups is 2. The number of nitrogens with zero attached hydrogens (tertiary/aromatic N) is 6. The highest BCUT2D eigenvalue weighted by molar-refractivity contribution is 5.93. The van der Waals surface area contributed by atoms with Crippen molar-refractivity contribution in [3.63, 3.8) is 0 Å². The summed E-state index contributed by atoms with van der Waals surface area (Å²) in [6.45, 7) is 3.66. The van der Waals surface area contributed by atoms with Gasteiger partial charge in [-0.3, -0.25) is 9.59 Å². The number of aliphatic hydroxyl groups is 1. The van der Waals surface area contributed by atoms with Gasteiger partial charge in [-0.05, 0) is 67.5 Å². The molecule has 2 aromatic heterocycles. The van der Waals surface area contributed by atoms with E-state index in [1.807, 2.05) is 0 Å². The number of aryl methyl sites for hydroxylation is 1. The van der Waals surface area contributed by atoms with E-state index in [4.69, 9.17) is 9.84 Å². The van der Waals surface area contributed by atoms with Gasteiger partial charge in [-0.2, -0.15) is 4.80 Å². The molecule has 1 saturated carbocycles. The second-order valence-corrected chi connectivity index (χ2v) is 9.29. The molecule has 2 heterocycles. The number of hydrogen-bond donors (Lipinski definition) is 3. The van der Waals surface area contributed by atoms with E-state index < -0.39 is 11.7 Å². The molecule has 13 heteroatoms. The van der Waals surface area contributed by atoms with E-state index in [9.17, 15) is 14.0 Å². The lowest BCUT2D eigenvalue weighted by Crippen LogP contribution is -2.36. The van der Waals surface area contributed by atoms with Crippen molar-refractivity contribution in [1.29, 1.82) is 0 Å². The molecule has 12 nitrogen and oxygen atoms in total. The van der Waals surface area contributed by atoms with Gasteiger partial charge in [0.05, 0.1) is 13.2 Å². The predicted octanol–water partition coefficient (Wildman–Crippen LogP) is 1.57. The van der Waals surface area contributed by atoms with Gasteiger partial charge in [-0.15, -0.1) is 10.2 Å². The Morgan fingerprint density at radius 2 is 1.97 bits per heavy atom. The molecule has 4 rings (SSSR count). The first-order valence-corrected chi connectivity index (χ1v) is 12.5. The van der Waals surface area contributed by atoms with Crippen molar-refractivity contribution in [2.75, 3.05) is 13.2 Å². The highest BCUT2D eigenvalue weighted by atomic mass is 19.1. The summed E-state index contributed by atoms with van der Waals surface area (Å²) in [7, 11) is 0. The van der Waals surface area contributed by atoms with Gasteiger partial charge in [0, 0.05) is 19.5 Å². The van der Waals surface area contributed by atoms with Crippen LogP contribution in [0.3, 0.4) is 0 Å². The quantitative estimate of drug-likeness (QED) is 0.357. The molecule has 3 N–H and O–H groups in total. The number of carbonyl (C=O) groups excluding carboxylic acids is 2. The van der Waals surface area contributed by atoms with E-state index in [1.165, 1.54) is 31.2 Å². The largest absolute Gasteiger partial charge is 0.488 e. The van der Waals surface area contributed by atoms with Crippen molar-refractivity contribution in [1.82, 2.24) is 40.8 Å². The highest BCUT2D eigenvalue weighted by Crippen LogP contribution is 2.25. The molecule has 1 aromatic carbocycles. The summed E-state index contributed by atoms with van der Waals surface area (Å²) in [5, 5.41) is 27.3. The van der Waals surface area contributed by atoms with Gasteiger partial charge < -0.3 is 20.5 Å². The minimum absolute atomic E-state index is 0.000832. The minimum atomic E-state index is -0.553. The average molecular weight is 527 g/mol. The molecule has 1 aliphatic carbocycles. The minimum Gasteiger partial charge on any atom is -0.488 e. The number of hydrogen-bond acceptors (Lipinski definition) is 9. The van der Waals surface area contributed by atoms with Crippen molar-refractivity contribution < 1.29 is 23.8 Å². The normalized spacial score (nSPS) is 17.2. The molecule has 0 unspecified atom stereocenters. The van der Waals surface area contributed by atoms with Crippen LogP contribution in [-0.2, 0) is 17.9 Å². The predicted molar refractivity (Wildman–Crippen MR) is 133 cm³/mol. The zero-order valence-corrected chi connectivity index (χ0v) is 21.4. The number of tetrazole rings is 1. The Morgan fingerprint density at radius 1 is 1.18 bits per heavy atom. The smallest absolute Gasteiger partial charge is 0.270 e. The number of halogens is 1.